The minimum absolute atomic E-state index is 0.0649. The molecule has 0 fully saturated rings. The monoisotopic (exact) mass is 480 g/mol. The normalized spacial score (nSPS) is 20.7. The van der Waals surface area contributed by atoms with Gasteiger partial charge < -0.3 is 4.74 Å². The van der Waals surface area contributed by atoms with Crippen molar-refractivity contribution < 1.29 is 31.1 Å². The summed E-state index contributed by atoms with van der Waals surface area (Å²) in [6.07, 6.45) is 7.35. The molecular weight excluding hydrogens is 454 g/mol. The summed E-state index contributed by atoms with van der Waals surface area (Å²) in [4.78, 5) is 0. The molecule has 2 aliphatic rings. The van der Waals surface area contributed by atoms with Gasteiger partial charge in [-0.05, 0) is 54.9 Å². The van der Waals surface area contributed by atoms with Crippen LogP contribution in [0.5, 0.6) is 0 Å². The first-order valence-corrected chi connectivity index (χ1v) is 11.5. The van der Waals surface area contributed by atoms with Crippen LogP contribution >= 0.6 is 0 Å². The van der Waals surface area contributed by atoms with E-state index in [-0.39, 0.29) is 30.6 Å². The van der Waals surface area contributed by atoms with Crippen molar-refractivity contribution in [3.8, 4) is 11.1 Å². The van der Waals surface area contributed by atoms with Gasteiger partial charge in [0.1, 0.15) is 11.6 Å². The lowest BCUT2D eigenvalue weighted by atomic mass is 9.77. The van der Waals surface area contributed by atoms with Gasteiger partial charge >= 0.3 is 11.8 Å². The van der Waals surface area contributed by atoms with Crippen LogP contribution < -0.4 is 0 Å². The summed E-state index contributed by atoms with van der Waals surface area (Å²) in [6.45, 7) is 3.85. The van der Waals surface area contributed by atoms with Gasteiger partial charge in [0.2, 0.25) is 0 Å². The van der Waals surface area contributed by atoms with E-state index in [9.17, 15) is 4.39 Å². The molecule has 34 heavy (non-hydrogen) atoms. The molecular formula is C27H26F6O. The van der Waals surface area contributed by atoms with Crippen molar-refractivity contribution in [2.45, 2.75) is 63.9 Å². The molecule has 0 spiro atoms. The first-order valence-electron chi connectivity index (χ1n) is 11.5. The Balaban J connectivity index is 1.78. The summed E-state index contributed by atoms with van der Waals surface area (Å²) in [5, 5.41) is 0. The third kappa shape index (κ3) is 3.88. The first-order chi connectivity index (χ1) is 16.1. The molecule has 0 aromatic heterocycles. The Hall–Kier alpha value is -2.54. The van der Waals surface area contributed by atoms with E-state index in [4.69, 9.17) is 4.74 Å². The number of halogens is 6. The standard InChI is InChI=1S/C27H26F6O/c1-3-5-6-8-16-9-14-21(34-15-16)20-13-12-19-18-11-10-17(7-4-2)24(28)22(18)26(30,31)27(32,33)23(19)25(20)29/h3,5,9-13,21H,4,6-8,14-15H2,1-2H3/b5-3+. The van der Waals surface area contributed by atoms with E-state index in [1.54, 1.807) is 6.92 Å². The summed E-state index contributed by atoms with van der Waals surface area (Å²) >= 11 is 0. The molecule has 1 atom stereocenters. The van der Waals surface area contributed by atoms with Crippen LogP contribution in [0.3, 0.4) is 0 Å². The zero-order chi connectivity index (χ0) is 24.7. The van der Waals surface area contributed by atoms with E-state index >= 15 is 22.0 Å². The number of benzene rings is 2. The average Bonchev–Trinajstić information content (AvgIpc) is 2.80. The lowest BCUT2D eigenvalue weighted by molar-refractivity contribution is -0.228. The fourth-order valence-corrected chi connectivity index (χ4v) is 4.73. The molecule has 1 heterocycles. The molecule has 0 radical (unpaired) electrons. The molecule has 4 rings (SSSR count). The SMILES string of the molecule is C/C=C/CCC1=CCC(c2ccc3c(c2F)C(F)(F)C(F)(F)c2c-3ccc(CCC)c2F)OC1. The van der Waals surface area contributed by atoms with Crippen molar-refractivity contribution in [3.63, 3.8) is 0 Å². The molecule has 182 valence electrons. The molecule has 0 N–H and O–H groups in total. The highest BCUT2D eigenvalue weighted by Crippen LogP contribution is 2.59. The van der Waals surface area contributed by atoms with E-state index in [1.807, 2.05) is 25.2 Å². The molecule has 2 aromatic carbocycles. The summed E-state index contributed by atoms with van der Waals surface area (Å²) in [5.41, 5.74) is -2.87. The topological polar surface area (TPSA) is 9.23 Å². The number of aryl methyl sites for hydroxylation is 1. The van der Waals surface area contributed by atoms with Crippen molar-refractivity contribution in [2.24, 2.45) is 0 Å². The van der Waals surface area contributed by atoms with Gasteiger partial charge in [-0.25, -0.2) is 8.78 Å². The Morgan fingerprint density at radius 1 is 0.941 bits per heavy atom. The second-order valence-electron chi connectivity index (χ2n) is 8.76. The highest BCUT2D eigenvalue weighted by molar-refractivity contribution is 5.77. The lowest BCUT2D eigenvalue weighted by Crippen LogP contribution is -2.41. The highest BCUT2D eigenvalue weighted by atomic mass is 19.3. The van der Waals surface area contributed by atoms with E-state index in [2.05, 4.69) is 0 Å². The summed E-state index contributed by atoms with van der Waals surface area (Å²) < 4.78 is 96.7. The molecule has 7 heteroatoms. The maximum atomic E-state index is 15.5. The molecule has 1 aliphatic heterocycles. The predicted octanol–water partition coefficient (Wildman–Crippen LogP) is 8.53. The van der Waals surface area contributed by atoms with Crippen LogP contribution in [-0.4, -0.2) is 6.61 Å². The van der Waals surface area contributed by atoms with E-state index in [1.165, 1.54) is 24.3 Å². The lowest BCUT2D eigenvalue weighted by Gasteiger charge is -2.36. The number of alkyl halides is 4. The number of fused-ring (bicyclic) bond motifs is 3. The summed E-state index contributed by atoms with van der Waals surface area (Å²) in [7, 11) is 0. The third-order valence-corrected chi connectivity index (χ3v) is 6.53. The molecule has 0 saturated carbocycles. The van der Waals surface area contributed by atoms with Gasteiger partial charge in [-0.15, -0.1) is 0 Å². The van der Waals surface area contributed by atoms with Crippen LogP contribution in [0.1, 0.15) is 67.9 Å². The fraction of sp³-hybridized carbons (Fsp3) is 0.407. The maximum Gasteiger partial charge on any atom is 0.343 e. The Bertz CT molecular complexity index is 1150. The van der Waals surface area contributed by atoms with Gasteiger partial charge in [-0.2, -0.15) is 17.6 Å². The quantitative estimate of drug-likeness (QED) is 0.297. The van der Waals surface area contributed by atoms with Crippen LogP contribution in [0.2, 0.25) is 0 Å². The predicted molar refractivity (Wildman–Crippen MR) is 119 cm³/mol. The zero-order valence-electron chi connectivity index (χ0n) is 19.0. The fourth-order valence-electron chi connectivity index (χ4n) is 4.73. The van der Waals surface area contributed by atoms with Crippen LogP contribution in [0, 0.1) is 11.6 Å². The Morgan fingerprint density at radius 2 is 1.59 bits per heavy atom. The van der Waals surface area contributed by atoms with E-state index in [0.29, 0.717) is 6.42 Å². The molecule has 0 amide bonds. The Morgan fingerprint density at radius 3 is 2.18 bits per heavy atom. The number of hydrogen-bond donors (Lipinski definition) is 0. The molecule has 0 saturated heterocycles. The van der Waals surface area contributed by atoms with Gasteiger partial charge in [0.15, 0.2) is 0 Å². The van der Waals surface area contributed by atoms with Crippen molar-refractivity contribution in [1.82, 2.24) is 0 Å². The second kappa shape index (κ2) is 9.25. The van der Waals surface area contributed by atoms with Crippen LogP contribution in [0.25, 0.3) is 11.1 Å². The average molecular weight is 480 g/mol. The number of rotatable bonds is 6. The Kier molecular flexibility index (Phi) is 6.69. The van der Waals surface area contributed by atoms with Gasteiger partial charge in [0.25, 0.3) is 0 Å². The minimum Gasteiger partial charge on any atom is -0.369 e. The second-order valence-corrected chi connectivity index (χ2v) is 8.76. The van der Waals surface area contributed by atoms with Crippen molar-refractivity contribution in [2.75, 3.05) is 6.61 Å². The number of ether oxygens (including phenoxy) is 1. The molecule has 0 bridgehead atoms. The minimum atomic E-state index is -4.93. The van der Waals surface area contributed by atoms with Crippen LogP contribution in [-0.2, 0) is 23.0 Å². The highest BCUT2D eigenvalue weighted by Gasteiger charge is 2.65. The molecule has 2 aromatic rings. The van der Waals surface area contributed by atoms with Gasteiger partial charge in [-0.3, -0.25) is 0 Å². The Labute approximate surface area is 195 Å². The van der Waals surface area contributed by atoms with Crippen LogP contribution in [0.15, 0.2) is 48.1 Å². The number of hydrogen-bond acceptors (Lipinski definition) is 1. The zero-order valence-corrected chi connectivity index (χ0v) is 19.0. The van der Waals surface area contributed by atoms with Gasteiger partial charge in [0.05, 0.1) is 23.8 Å². The molecule has 1 nitrogen and oxygen atoms in total. The van der Waals surface area contributed by atoms with Crippen LogP contribution in [0.4, 0.5) is 26.3 Å². The molecule has 1 aliphatic carbocycles. The van der Waals surface area contributed by atoms with Gasteiger partial charge in [-0.1, -0.05) is 55.8 Å². The summed E-state index contributed by atoms with van der Waals surface area (Å²) in [5.74, 6) is -12.6. The smallest absolute Gasteiger partial charge is 0.343 e. The third-order valence-electron chi connectivity index (χ3n) is 6.53. The largest absolute Gasteiger partial charge is 0.369 e. The first kappa shape index (κ1) is 24.6. The van der Waals surface area contributed by atoms with E-state index in [0.717, 1.165) is 18.4 Å². The van der Waals surface area contributed by atoms with Gasteiger partial charge in [0, 0.05) is 5.56 Å². The molecule has 1 unspecified atom stereocenters. The number of allylic oxidation sites excluding steroid dienone is 2. The van der Waals surface area contributed by atoms with Crippen molar-refractivity contribution >= 4 is 0 Å². The van der Waals surface area contributed by atoms with E-state index < -0.39 is 51.8 Å². The van der Waals surface area contributed by atoms with Crippen molar-refractivity contribution in [3.05, 3.63) is 82.0 Å². The summed E-state index contributed by atoms with van der Waals surface area (Å²) in [6, 6.07) is 4.93. The maximum absolute atomic E-state index is 15.5. The van der Waals surface area contributed by atoms with Crippen molar-refractivity contribution in [1.29, 1.82) is 0 Å².